The summed E-state index contributed by atoms with van der Waals surface area (Å²) >= 11 is 0. The number of allylic oxidation sites excluding steroid dienone is 1. The van der Waals surface area contributed by atoms with E-state index in [-0.39, 0.29) is 5.69 Å². The molecule has 29 heavy (non-hydrogen) atoms. The molecule has 4 nitrogen and oxygen atoms in total. The van der Waals surface area contributed by atoms with Crippen LogP contribution in [-0.4, -0.2) is 21.0 Å². The van der Waals surface area contributed by atoms with E-state index in [2.05, 4.69) is 60.2 Å². The van der Waals surface area contributed by atoms with Gasteiger partial charge in [0.05, 0.1) is 5.69 Å². The summed E-state index contributed by atoms with van der Waals surface area (Å²) in [4.78, 5) is 18.8. The predicted octanol–water partition coefficient (Wildman–Crippen LogP) is 5.97. The molecule has 0 unspecified atom stereocenters. The number of fused-ring (bicyclic) bond motifs is 2. The lowest BCUT2D eigenvalue weighted by Crippen LogP contribution is -2.00. The molecule has 144 valence electrons. The van der Waals surface area contributed by atoms with E-state index < -0.39 is 5.97 Å². The third-order valence-electron chi connectivity index (χ3n) is 5.96. The molecule has 5 rings (SSSR count). The summed E-state index contributed by atoms with van der Waals surface area (Å²) in [6.07, 6.45) is 7.81. The molecule has 0 saturated heterocycles. The number of hydrogen-bond acceptors (Lipinski definition) is 1. The van der Waals surface area contributed by atoms with Crippen LogP contribution in [0, 0.1) is 6.92 Å². The SMILES string of the molecule is CCc1c(-c2ccc(C)c3[nH]ccc23)[nH]c(C(=O)O)c1-c1cccc2c1C=CC2. The highest BCUT2D eigenvalue weighted by molar-refractivity contribution is 6.03. The third kappa shape index (κ3) is 2.56. The maximum absolute atomic E-state index is 12.2. The van der Waals surface area contributed by atoms with Crippen LogP contribution in [0.1, 0.15) is 39.7 Å². The van der Waals surface area contributed by atoms with Gasteiger partial charge in [0, 0.05) is 28.2 Å². The topological polar surface area (TPSA) is 68.9 Å². The molecule has 0 amide bonds. The zero-order valence-corrected chi connectivity index (χ0v) is 16.5. The number of aryl methyl sites for hydroxylation is 1. The summed E-state index contributed by atoms with van der Waals surface area (Å²) in [6.45, 7) is 4.16. The zero-order chi connectivity index (χ0) is 20.1. The predicted molar refractivity (Wildman–Crippen MR) is 117 cm³/mol. The summed E-state index contributed by atoms with van der Waals surface area (Å²) in [6, 6.07) is 12.4. The molecule has 0 radical (unpaired) electrons. The first-order valence-corrected chi connectivity index (χ1v) is 9.94. The second-order valence-corrected chi connectivity index (χ2v) is 7.57. The van der Waals surface area contributed by atoms with E-state index in [1.807, 2.05) is 18.3 Å². The van der Waals surface area contributed by atoms with Gasteiger partial charge in [-0.1, -0.05) is 49.4 Å². The number of aromatic amines is 2. The van der Waals surface area contributed by atoms with E-state index in [9.17, 15) is 9.90 Å². The Bertz CT molecular complexity index is 1300. The first-order chi connectivity index (χ1) is 14.1. The molecule has 0 atom stereocenters. The van der Waals surface area contributed by atoms with Crippen molar-refractivity contribution in [3.63, 3.8) is 0 Å². The molecule has 2 heterocycles. The summed E-state index contributed by atoms with van der Waals surface area (Å²) in [5.74, 6) is -0.932. The van der Waals surface area contributed by atoms with Gasteiger partial charge in [0.15, 0.2) is 0 Å². The van der Waals surface area contributed by atoms with Crippen LogP contribution in [0.15, 0.2) is 48.7 Å². The summed E-state index contributed by atoms with van der Waals surface area (Å²) < 4.78 is 0. The van der Waals surface area contributed by atoms with E-state index in [4.69, 9.17) is 0 Å². The number of H-pyrrole nitrogens is 2. The Morgan fingerprint density at radius 2 is 2.00 bits per heavy atom. The molecule has 4 heteroatoms. The van der Waals surface area contributed by atoms with Gasteiger partial charge in [-0.3, -0.25) is 0 Å². The van der Waals surface area contributed by atoms with Crippen LogP contribution in [0.2, 0.25) is 0 Å². The van der Waals surface area contributed by atoms with Gasteiger partial charge in [-0.2, -0.15) is 0 Å². The van der Waals surface area contributed by atoms with Crippen LogP contribution in [0.5, 0.6) is 0 Å². The zero-order valence-electron chi connectivity index (χ0n) is 16.5. The molecule has 2 aromatic carbocycles. The first kappa shape index (κ1) is 17.6. The number of benzene rings is 2. The fraction of sp³-hybridized carbons (Fsp3) is 0.160. The third-order valence-corrected chi connectivity index (χ3v) is 5.96. The highest BCUT2D eigenvalue weighted by Crippen LogP contribution is 2.41. The molecule has 2 aromatic heterocycles. The van der Waals surface area contributed by atoms with E-state index in [0.717, 1.165) is 57.3 Å². The highest BCUT2D eigenvalue weighted by atomic mass is 16.4. The van der Waals surface area contributed by atoms with E-state index >= 15 is 0 Å². The molecule has 4 aromatic rings. The van der Waals surface area contributed by atoms with E-state index in [0.29, 0.717) is 0 Å². The van der Waals surface area contributed by atoms with Gasteiger partial charge >= 0.3 is 5.97 Å². The number of carbonyl (C=O) groups is 1. The van der Waals surface area contributed by atoms with E-state index in [1.54, 1.807) is 0 Å². The first-order valence-electron chi connectivity index (χ1n) is 9.94. The number of hydrogen-bond donors (Lipinski definition) is 3. The molecule has 0 bridgehead atoms. The van der Waals surface area contributed by atoms with Gasteiger partial charge in [-0.05, 0) is 53.6 Å². The minimum Gasteiger partial charge on any atom is -0.477 e. The fourth-order valence-corrected chi connectivity index (χ4v) is 4.61. The number of aromatic nitrogens is 2. The van der Waals surface area contributed by atoms with Crippen molar-refractivity contribution in [1.29, 1.82) is 0 Å². The smallest absolute Gasteiger partial charge is 0.352 e. The molecule has 0 spiro atoms. The molecule has 0 aliphatic heterocycles. The Kier molecular flexibility index (Phi) is 3.95. The van der Waals surface area contributed by atoms with Crippen molar-refractivity contribution in [2.45, 2.75) is 26.7 Å². The average molecular weight is 382 g/mol. The number of aromatic carboxylic acids is 1. The van der Waals surface area contributed by atoms with Crippen molar-refractivity contribution in [1.82, 2.24) is 9.97 Å². The second kappa shape index (κ2) is 6.52. The van der Waals surface area contributed by atoms with Gasteiger partial charge in [-0.25, -0.2) is 4.79 Å². The highest BCUT2D eigenvalue weighted by Gasteiger charge is 2.26. The number of rotatable bonds is 4. The molecule has 1 aliphatic rings. The monoisotopic (exact) mass is 382 g/mol. The van der Waals surface area contributed by atoms with Gasteiger partial charge < -0.3 is 15.1 Å². The Hall–Kier alpha value is -3.53. The Labute approximate surface area is 168 Å². The van der Waals surface area contributed by atoms with Gasteiger partial charge in [0.1, 0.15) is 5.69 Å². The van der Waals surface area contributed by atoms with Crippen LogP contribution in [0.25, 0.3) is 39.4 Å². The van der Waals surface area contributed by atoms with Crippen molar-refractivity contribution >= 4 is 22.9 Å². The minimum atomic E-state index is -0.932. The quantitative estimate of drug-likeness (QED) is 0.407. The number of nitrogens with one attached hydrogen (secondary N) is 2. The van der Waals surface area contributed by atoms with Gasteiger partial charge in [0.25, 0.3) is 0 Å². The van der Waals surface area contributed by atoms with E-state index in [1.165, 1.54) is 11.1 Å². The largest absolute Gasteiger partial charge is 0.477 e. The summed E-state index contributed by atoms with van der Waals surface area (Å²) in [5, 5.41) is 11.1. The van der Waals surface area contributed by atoms with Crippen LogP contribution in [0.3, 0.4) is 0 Å². The molecule has 3 N–H and O–H groups in total. The van der Waals surface area contributed by atoms with Crippen molar-refractivity contribution in [2.24, 2.45) is 0 Å². The van der Waals surface area contributed by atoms with Gasteiger partial charge in [0.2, 0.25) is 0 Å². The van der Waals surface area contributed by atoms with Crippen molar-refractivity contribution in [2.75, 3.05) is 0 Å². The van der Waals surface area contributed by atoms with Crippen LogP contribution in [-0.2, 0) is 12.8 Å². The number of carboxylic acids is 1. The summed E-state index contributed by atoms with van der Waals surface area (Å²) in [5.41, 5.74) is 9.65. The van der Waals surface area contributed by atoms with Crippen LogP contribution < -0.4 is 0 Å². The minimum absolute atomic E-state index is 0.259. The average Bonchev–Trinajstić information content (AvgIpc) is 3.45. The molecular weight excluding hydrogens is 360 g/mol. The molecular formula is C25H22N2O2. The standard InChI is InChI=1S/C25H22N2O2/c1-3-16-21(18-9-5-7-15-6-4-8-17(15)18)24(25(28)29)27-23(16)19-11-10-14(2)22-20(19)12-13-26-22/h4-5,7-13,26-27H,3,6H2,1-2H3,(H,28,29). The fourth-order valence-electron chi connectivity index (χ4n) is 4.61. The second-order valence-electron chi connectivity index (χ2n) is 7.57. The van der Waals surface area contributed by atoms with Crippen LogP contribution >= 0.6 is 0 Å². The van der Waals surface area contributed by atoms with Crippen molar-refractivity contribution in [3.05, 3.63) is 76.6 Å². The maximum atomic E-state index is 12.2. The molecule has 1 aliphatic carbocycles. The lowest BCUT2D eigenvalue weighted by atomic mass is 9.91. The molecule has 0 saturated carbocycles. The lowest BCUT2D eigenvalue weighted by Gasteiger charge is -2.11. The van der Waals surface area contributed by atoms with Crippen molar-refractivity contribution in [3.8, 4) is 22.4 Å². The Balaban J connectivity index is 1.84. The molecule has 0 fully saturated rings. The normalized spacial score (nSPS) is 12.6. The van der Waals surface area contributed by atoms with Crippen molar-refractivity contribution < 1.29 is 9.90 Å². The lowest BCUT2D eigenvalue weighted by molar-refractivity contribution is 0.0692. The maximum Gasteiger partial charge on any atom is 0.352 e. The number of carboxylic acid groups (broad SMARTS) is 1. The Morgan fingerprint density at radius 1 is 1.14 bits per heavy atom. The van der Waals surface area contributed by atoms with Crippen LogP contribution in [0.4, 0.5) is 0 Å². The van der Waals surface area contributed by atoms with Gasteiger partial charge in [-0.15, -0.1) is 0 Å². The Morgan fingerprint density at radius 3 is 2.79 bits per heavy atom. The summed E-state index contributed by atoms with van der Waals surface area (Å²) in [7, 11) is 0.